The van der Waals surface area contributed by atoms with Crippen molar-refractivity contribution in [3.8, 4) is 0 Å². The largest absolute Gasteiger partial charge is 0.0716 e. The lowest BCUT2D eigenvalue weighted by Crippen LogP contribution is -2.44. The van der Waals surface area contributed by atoms with Gasteiger partial charge in [0.25, 0.3) is 0 Å². The van der Waals surface area contributed by atoms with Gasteiger partial charge in [0.05, 0.1) is 0 Å². The third-order valence-corrected chi connectivity index (χ3v) is 19.0. The predicted molar refractivity (Wildman–Crippen MR) is 136 cm³/mol. The molecule has 8 aliphatic rings. The van der Waals surface area contributed by atoms with E-state index in [0.717, 1.165) is 0 Å². The van der Waals surface area contributed by atoms with Crippen molar-refractivity contribution in [2.24, 2.45) is 71.0 Å². The molecule has 14 atom stereocenters. The Morgan fingerprint density at radius 1 is 0.406 bits per heavy atom. The first kappa shape index (κ1) is 20.4. The standard InChI is InChI=1S/C31H50Si/c1-32(28-14-12-22-24-6-2-4-18-8-10-20(30(18)24)16-26(22)28)29-15-13-23-25-7-3-5-19-9-11-21(31(19)25)17-27(23)29/h18-32H,2-17H2,1H3. The van der Waals surface area contributed by atoms with Crippen LogP contribution in [-0.2, 0) is 0 Å². The molecular formula is C31H50Si. The predicted octanol–water partition coefficient (Wildman–Crippen LogP) is 8.33. The topological polar surface area (TPSA) is 0 Å². The summed E-state index contributed by atoms with van der Waals surface area (Å²) in [7, 11) is -0.644. The minimum atomic E-state index is -0.644. The summed E-state index contributed by atoms with van der Waals surface area (Å²) in [5.74, 6) is 14.3. The smallest absolute Gasteiger partial charge is 0.0404 e. The zero-order valence-electron chi connectivity index (χ0n) is 21.0. The fourth-order valence-electron chi connectivity index (χ4n) is 14.0. The Kier molecular flexibility index (Phi) is 4.85. The molecule has 0 aliphatic heterocycles. The lowest BCUT2D eigenvalue weighted by atomic mass is 9.58. The fraction of sp³-hybridized carbons (Fsp3) is 1.00. The molecular weight excluding hydrogens is 400 g/mol. The Labute approximate surface area is 200 Å². The molecule has 0 saturated heterocycles. The minimum absolute atomic E-state index is 0.644. The third kappa shape index (κ3) is 2.79. The summed E-state index contributed by atoms with van der Waals surface area (Å²) in [6.45, 7) is 2.94. The molecule has 8 aliphatic carbocycles. The van der Waals surface area contributed by atoms with Crippen LogP contribution in [0.4, 0.5) is 0 Å². The van der Waals surface area contributed by atoms with Crippen molar-refractivity contribution in [1.82, 2.24) is 0 Å². The van der Waals surface area contributed by atoms with Gasteiger partial charge in [0.15, 0.2) is 0 Å². The maximum Gasteiger partial charge on any atom is 0.0404 e. The van der Waals surface area contributed by atoms with E-state index in [0.29, 0.717) is 0 Å². The molecule has 0 amide bonds. The summed E-state index contributed by atoms with van der Waals surface area (Å²) in [4.78, 5) is 0. The molecule has 8 rings (SSSR count). The van der Waals surface area contributed by atoms with Gasteiger partial charge in [-0.2, -0.15) is 0 Å². The highest BCUT2D eigenvalue weighted by Gasteiger charge is 2.59. The van der Waals surface area contributed by atoms with Gasteiger partial charge in [0.2, 0.25) is 0 Å². The van der Waals surface area contributed by atoms with E-state index in [9.17, 15) is 0 Å². The van der Waals surface area contributed by atoms with Crippen LogP contribution in [0.3, 0.4) is 0 Å². The summed E-state index contributed by atoms with van der Waals surface area (Å²) in [6.07, 6.45) is 26.3. The van der Waals surface area contributed by atoms with Gasteiger partial charge in [-0.15, -0.1) is 0 Å². The van der Waals surface area contributed by atoms with Gasteiger partial charge in [-0.1, -0.05) is 45.1 Å². The van der Waals surface area contributed by atoms with Gasteiger partial charge < -0.3 is 0 Å². The van der Waals surface area contributed by atoms with Crippen molar-refractivity contribution in [2.45, 2.75) is 120 Å². The molecule has 8 saturated carbocycles. The van der Waals surface area contributed by atoms with Crippen LogP contribution in [-0.4, -0.2) is 8.80 Å². The first-order valence-corrected chi connectivity index (χ1v) is 18.3. The lowest BCUT2D eigenvalue weighted by molar-refractivity contribution is 0.0151. The second-order valence-electron chi connectivity index (χ2n) is 15.0. The fourth-order valence-corrected chi connectivity index (χ4v) is 18.5. The number of rotatable bonds is 2. The second-order valence-corrected chi connectivity index (χ2v) is 18.4. The average molecular weight is 451 g/mol. The summed E-state index contributed by atoms with van der Waals surface area (Å²) in [5.41, 5.74) is 2.51. The van der Waals surface area contributed by atoms with Gasteiger partial charge in [-0.3, -0.25) is 0 Å². The van der Waals surface area contributed by atoms with E-state index >= 15 is 0 Å². The first-order chi connectivity index (χ1) is 15.8. The van der Waals surface area contributed by atoms with Crippen LogP contribution >= 0.6 is 0 Å². The van der Waals surface area contributed by atoms with Crippen molar-refractivity contribution in [3.05, 3.63) is 0 Å². The van der Waals surface area contributed by atoms with Gasteiger partial charge in [-0.05, 0) is 146 Å². The quantitative estimate of drug-likeness (QED) is 0.371. The Hall–Kier alpha value is 0.217. The van der Waals surface area contributed by atoms with E-state index < -0.39 is 8.80 Å². The summed E-state index contributed by atoms with van der Waals surface area (Å²) in [5, 5.41) is 0. The zero-order chi connectivity index (χ0) is 21.0. The SMILES string of the molecule is C[SiH](C1CCC2C3CCCC4CCC(CC21)C43)C1CCC2C3CCCC4CCC(CC21)C43. The molecule has 0 nitrogen and oxygen atoms in total. The summed E-state index contributed by atoms with van der Waals surface area (Å²) in [6, 6.07) is 0. The average Bonchev–Trinajstić information content (AvgIpc) is 3.60. The van der Waals surface area contributed by atoms with E-state index in [1.54, 1.807) is 103 Å². The number of hydrogen-bond acceptors (Lipinski definition) is 0. The van der Waals surface area contributed by atoms with Crippen molar-refractivity contribution in [3.63, 3.8) is 0 Å². The maximum absolute atomic E-state index is 2.94. The Morgan fingerprint density at radius 3 is 1.38 bits per heavy atom. The maximum atomic E-state index is 2.94. The minimum Gasteiger partial charge on any atom is -0.0716 e. The van der Waals surface area contributed by atoms with Crippen molar-refractivity contribution in [1.29, 1.82) is 0 Å². The monoisotopic (exact) mass is 450 g/mol. The molecule has 0 heterocycles. The Morgan fingerprint density at radius 2 is 0.875 bits per heavy atom. The molecule has 14 unspecified atom stereocenters. The molecule has 0 aromatic rings. The highest BCUT2D eigenvalue weighted by molar-refractivity contribution is 6.61. The molecule has 178 valence electrons. The molecule has 8 fully saturated rings. The molecule has 32 heavy (non-hydrogen) atoms. The molecule has 0 aromatic carbocycles. The van der Waals surface area contributed by atoms with Gasteiger partial charge in [-0.25, -0.2) is 0 Å². The molecule has 0 spiro atoms. The van der Waals surface area contributed by atoms with Crippen molar-refractivity contribution in [2.75, 3.05) is 0 Å². The molecule has 0 N–H and O–H groups in total. The van der Waals surface area contributed by atoms with Gasteiger partial charge >= 0.3 is 0 Å². The number of fused-ring (bicyclic) bond motifs is 4. The number of hydrogen-bond donors (Lipinski definition) is 0. The van der Waals surface area contributed by atoms with Crippen LogP contribution < -0.4 is 0 Å². The Balaban J connectivity index is 1.03. The highest BCUT2D eigenvalue weighted by atomic mass is 28.3. The highest BCUT2D eigenvalue weighted by Crippen LogP contribution is 2.67. The zero-order valence-corrected chi connectivity index (χ0v) is 22.1. The van der Waals surface area contributed by atoms with Gasteiger partial charge in [0, 0.05) is 8.80 Å². The van der Waals surface area contributed by atoms with Crippen LogP contribution in [0.2, 0.25) is 17.6 Å². The van der Waals surface area contributed by atoms with E-state index in [1.807, 2.05) is 0 Å². The van der Waals surface area contributed by atoms with Crippen LogP contribution in [0.25, 0.3) is 0 Å². The van der Waals surface area contributed by atoms with E-state index in [-0.39, 0.29) is 0 Å². The molecule has 0 bridgehead atoms. The van der Waals surface area contributed by atoms with E-state index in [1.165, 1.54) is 82.1 Å². The summed E-state index contributed by atoms with van der Waals surface area (Å²) >= 11 is 0. The van der Waals surface area contributed by atoms with Crippen LogP contribution in [0.1, 0.15) is 103 Å². The van der Waals surface area contributed by atoms with Gasteiger partial charge in [0.1, 0.15) is 0 Å². The Bertz CT molecular complexity index is 670. The molecule has 0 radical (unpaired) electrons. The van der Waals surface area contributed by atoms with Crippen LogP contribution in [0.5, 0.6) is 0 Å². The normalized spacial score (nSPS) is 61.0. The first-order valence-electron chi connectivity index (χ1n) is 15.8. The van der Waals surface area contributed by atoms with E-state index in [2.05, 4.69) is 6.55 Å². The third-order valence-electron chi connectivity index (χ3n) is 14.7. The van der Waals surface area contributed by atoms with Crippen molar-refractivity contribution < 1.29 is 0 Å². The molecule has 1 heteroatoms. The summed E-state index contributed by atoms with van der Waals surface area (Å²) < 4.78 is 0. The second kappa shape index (κ2) is 7.61. The molecule has 0 aromatic heterocycles. The van der Waals surface area contributed by atoms with Crippen molar-refractivity contribution >= 4 is 8.80 Å². The van der Waals surface area contributed by atoms with E-state index in [4.69, 9.17) is 0 Å². The van der Waals surface area contributed by atoms with Crippen LogP contribution in [0, 0.1) is 71.0 Å². The van der Waals surface area contributed by atoms with Crippen LogP contribution in [0.15, 0.2) is 0 Å². The lowest BCUT2D eigenvalue weighted by Gasteiger charge is -2.50.